The maximum atomic E-state index is 6.02. The van der Waals surface area contributed by atoms with E-state index in [2.05, 4.69) is 44.8 Å². The van der Waals surface area contributed by atoms with Gasteiger partial charge in [0, 0.05) is 11.6 Å². The Morgan fingerprint density at radius 1 is 1.14 bits per heavy atom. The molecule has 0 aliphatic rings. The van der Waals surface area contributed by atoms with Gasteiger partial charge >= 0.3 is 0 Å². The topological polar surface area (TPSA) is 48.1 Å². The van der Waals surface area contributed by atoms with Crippen LogP contribution in [0.1, 0.15) is 50.6 Å². The van der Waals surface area contributed by atoms with E-state index in [0.29, 0.717) is 0 Å². The molecule has 0 bridgehead atoms. The number of benzene rings is 1. The van der Waals surface area contributed by atoms with Crippen molar-refractivity contribution < 1.29 is 4.74 Å². The van der Waals surface area contributed by atoms with Gasteiger partial charge in [0.15, 0.2) is 0 Å². The molecule has 2 aromatic rings. The van der Waals surface area contributed by atoms with Crippen molar-refractivity contribution in [2.24, 2.45) is 5.73 Å². The van der Waals surface area contributed by atoms with Crippen LogP contribution >= 0.6 is 0 Å². The molecule has 21 heavy (non-hydrogen) atoms. The van der Waals surface area contributed by atoms with E-state index in [4.69, 9.17) is 10.5 Å². The van der Waals surface area contributed by atoms with Crippen molar-refractivity contribution in [3.05, 3.63) is 53.3 Å². The zero-order valence-corrected chi connectivity index (χ0v) is 13.5. The lowest BCUT2D eigenvalue weighted by atomic mass is 9.85. The number of ether oxygens (including phenoxy) is 1. The predicted molar refractivity (Wildman–Crippen MR) is 86.8 cm³/mol. The Morgan fingerprint density at radius 3 is 2.38 bits per heavy atom. The molecule has 0 spiro atoms. The molecule has 1 atom stereocenters. The zero-order chi connectivity index (χ0) is 15.6. The molecule has 3 nitrogen and oxygen atoms in total. The fraction of sp³-hybridized carbons (Fsp3) is 0.389. The quantitative estimate of drug-likeness (QED) is 0.902. The van der Waals surface area contributed by atoms with Crippen LogP contribution in [0.15, 0.2) is 36.5 Å². The van der Waals surface area contributed by atoms with Gasteiger partial charge in [0.1, 0.15) is 11.5 Å². The summed E-state index contributed by atoms with van der Waals surface area (Å²) in [5.41, 5.74) is 9.13. The first-order chi connectivity index (χ1) is 9.77. The molecule has 112 valence electrons. The Morgan fingerprint density at radius 2 is 1.86 bits per heavy atom. The third-order valence-electron chi connectivity index (χ3n) is 3.40. The van der Waals surface area contributed by atoms with Crippen molar-refractivity contribution in [3.63, 3.8) is 0 Å². The number of nitrogens with zero attached hydrogens (tertiary/aromatic N) is 1. The molecule has 0 amide bonds. The van der Waals surface area contributed by atoms with Gasteiger partial charge < -0.3 is 10.5 Å². The van der Waals surface area contributed by atoms with Gasteiger partial charge in [-0.15, -0.1) is 0 Å². The van der Waals surface area contributed by atoms with Crippen LogP contribution < -0.4 is 10.5 Å². The second-order valence-corrected chi connectivity index (χ2v) is 6.56. The Kier molecular flexibility index (Phi) is 4.33. The second kappa shape index (κ2) is 5.86. The molecule has 0 aliphatic carbocycles. The highest BCUT2D eigenvalue weighted by Crippen LogP contribution is 2.34. The highest BCUT2D eigenvalue weighted by atomic mass is 16.5. The summed E-state index contributed by atoms with van der Waals surface area (Å²) in [6.45, 7) is 10.6. The first-order valence-corrected chi connectivity index (χ1v) is 7.28. The number of hydrogen-bond donors (Lipinski definition) is 1. The van der Waals surface area contributed by atoms with Crippen molar-refractivity contribution in [2.45, 2.75) is 46.1 Å². The van der Waals surface area contributed by atoms with Crippen LogP contribution in [-0.4, -0.2) is 4.98 Å². The Hall–Kier alpha value is -1.87. The summed E-state index contributed by atoms with van der Waals surface area (Å²) in [5.74, 6) is 1.61. The number of rotatable bonds is 3. The van der Waals surface area contributed by atoms with E-state index in [0.717, 1.165) is 17.2 Å². The van der Waals surface area contributed by atoms with E-state index < -0.39 is 0 Å². The highest BCUT2D eigenvalue weighted by molar-refractivity contribution is 5.43. The van der Waals surface area contributed by atoms with Gasteiger partial charge in [0.05, 0.1) is 11.9 Å². The lowest BCUT2D eigenvalue weighted by molar-refractivity contribution is 0.452. The predicted octanol–water partition coefficient (Wildman–Crippen LogP) is 4.50. The minimum Gasteiger partial charge on any atom is -0.455 e. The van der Waals surface area contributed by atoms with Crippen LogP contribution in [0.25, 0.3) is 0 Å². The van der Waals surface area contributed by atoms with Crippen molar-refractivity contribution in [1.82, 2.24) is 4.98 Å². The molecule has 2 rings (SSSR count). The van der Waals surface area contributed by atoms with Crippen LogP contribution in [0.5, 0.6) is 11.5 Å². The molecule has 1 unspecified atom stereocenters. The lowest BCUT2D eigenvalue weighted by Crippen LogP contribution is -2.13. The van der Waals surface area contributed by atoms with Crippen molar-refractivity contribution >= 4 is 0 Å². The van der Waals surface area contributed by atoms with Crippen LogP contribution in [0, 0.1) is 6.92 Å². The van der Waals surface area contributed by atoms with Gasteiger partial charge in [0.25, 0.3) is 0 Å². The largest absolute Gasteiger partial charge is 0.455 e. The first kappa shape index (κ1) is 15.5. The number of aryl methyl sites for hydroxylation is 1. The zero-order valence-electron chi connectivity index (χ0n) is 13.5. The van der Waals surface area contributed by atoms with E-state index in [1.54, 1.807) is 6.20 Å². The number of nitrogens with two attached hydrogens (primary N) is 1. The summed E-state index contributed by atoms with van der Waals surface area (Å²) in [6.07, 6.45) is 1.73. The van der Waals surface area contributed by atoms with Gasteiger partial charge in [0.2, 0.25) is 0 Å². The van der Waals surface area contributed by atoms with E-state index in [1.807, 2.05) is 25.1 Å². The molecule has 0 aliphatic heterocycles. The lowest BCUT2D eigenvalue weighted by Gasteiger charge is -2.23. The molecular weight excluding hydrogens is 260 g/mol. The maximum absolute atomic E-state index is 6.02. The smallest absolute Gasteiger partial charge is 0.145 e. The highest BCUT2D eigenvalue weighted by Gasteiger charge is 2.19. The van der Waals surface area contributed by atoms with E-state index >= 15 is 0 Å². The molecule has 1 aromatic carbocycles. The van der Waals surface area contributed by atoms with Crippen LogP contribution in [0.4, 0.5) is 0 Å². The molecule has 1 aromatic heterocycles. The molecule has 0 saturated heterocycles. The summed E-state index contributed by atoms with van der Waals surface area (Å²) in [4.78, 5) is 4.33. The minimum absolute atomic E-state index is 0.0283. The number of pyridine rings is 1. The van der Waals surface area contributed by atoms with E-state index in [9.17, 15) is 0 Å². The molecule has 2 N–H and O–H groups in total. The number of hydrogen-bond acceptors (Lipinski definition) is 3. The average Bonchev–Trinajstić information content (AvgIpc) is 2.40. The average molecular weight is 284 g/mol. The van der Waals surface area contributed by atoms with Crippen molar-refractivity contribution in [2.75, 3.05) is 0 Å². The van der Waals surface area contributed by atoms with Crippen molar-refractivity contribution in [3.8, 4) is 11.5 Å². The normalized spacial score (nSPS) is 13.0. The summed E-state index contributed by atoms with van der Waals surface area (Å²) < 4.78 is 6.02. The standard InChI is InChI=1S/C18H24N2O/c1-12-6-9-17(15(10-12)18(3,4)5)21-14-7-8-16(13(2)19)20-11-14/h6-11,13H,19H2,1-5H3. The Bertz CT molecular complexity index is 610. The number of aromatic nitrogens is 1. The van der Waals surface area contributed by atoms with Crippen LogP contribution in [-0.2, 0) is 5.41 Å². The van der Waals surface area contributed by atoms with Crippen LogP contribution in [0.2, 0.25) is 0 Å². The summed E-state index contributed by atoms with van der Waals surface area (Å²) in [6, 6.07) is 10.0. The summed E-state index contributed by atoms with van der Waals surface area (Å²) in [5, 5.41) is 0. The first-order valence-electron chi connectivity index (χ1n) is 7.28. The van der Waals surface area contributed by atoms with Crippen molar-refractivity contribution in [1.29, 1.82) is 0 Å². The molecular formula is C18H24N2O. The van der Waals surface area contributed by atoms with Gasteiger partial charge in [-0.1, -0.05) is 38.5 Å². The molecule has 3 heteroatoms. The Balaban J connectivity index is 2.31. The van der Waals surface area contributed by atoms with Gasteiger partial charge in [-0.05, 0) is 37.5 Å². The van der Waals surface area contributed by atoms with Gasteiger partial charge in [-0.2, -0.15) is 0 Å². The minimum atomic E-state index is -0.0661. The molecule has 1 heterocycles. The summed E-state index contributed by atoms with van der Waals surface area (Å²) >= 11 is 0. The Labute approximate surface area is 127 Å². The third kappa shape index (κ3) is 3.82. The second-order valence-electron chi connectivity index (χ2n) is 6.56. The molecule has 0 fully saturated rings. The molecule has 0 radical (unpaired) electrons. The fourth-order valence-electron chi connectivity index (χ4n) is 2.17. The monoisotopic (exact) mass is 284 g/mol. The van der Waals surface area contributed by atoms with Gasteiger partial charge in [-0.3, -0.25) is 4.98 Å². The van der Waals surface area contributed by atoms with Gasteiger partial charge in [-0.25, -0.2) is 0 Å². The maximum Gasteiger partial charge on any atom is 0.145 e. The SMILES string of the molecule is Cc1ccc(Oc2ccc(C(C)N)nc2)c(C(C)(C)C)c1. The van der Waals surface area contributed by atoms with E-state index in [-0.39, 0.29) is 11.5 Å². The van der Waals surface area contributed by atoms with E-state index in [1.165, 1.54) is 11.1 Å². The molecule has 0 saturated carbocycles. The summed E-state index contributed by atoms with van der Waals surface area (Å²) in [7, 11) is 0. The fourth-order valence-corrected chi connectivity index (χ4v) is 2.17. The van der Waals surface area contributed by atoms with Crippen LogP contribution in [0.3, 0.4) is 0 Å². The third-order valence-corrected chi connectivity index (χ3v) is 3.40.